The van der Waals surface area contributed by atoms with Gasteiger partial charge < -0.3 is 10.1 Å². The first-order chi connectivity index (χ1) is 11.1. The Kier molecular flexibility index (Phi) is 3.98. The van der Waals surface area contributed by atoms with E-state index >= 15 is 0 Å². The number of rotatable bonds is 3. The summed E-state index contributed by atoms with van der Waals surface area (Å²) in [6.45, 7) is 3.98. The molecule has 0 spiro atoms. The minimum Gasteiger partial charge on any atom is -0.496 e. The second kappa shape index (κ2) is 6.08. The molecule has 2 aromatic carbocycles. The molecule has 1 aliphatic rings. The molecular formula is C19H18N2O2. The molecule has 0 aromatic heterocycles. The van der Waals surface area contributed by atoms with Crippen LogP contribution in [0.1, 0.15) is 22.3 Å². The first kappa shape index (κ1) is 15.0. The highest BCUT2D eigenvalue weighted by atomic mass is 16.5. The summed E-state index contributed by atoms with van der Waals surface area (Å²) in [4.78, 5) is 16.6. The van der Waals surface area contributed by atoms with E-state index in [1.165, 1.54) is 0 Å². The largest absolute Gasteiger partial charge is 0.496 e. The number of ether oxygens (including phenoxy) is 1. The third-order valence-corrected chi connectivity index (χ3v) is 3.71. The normalized spacial score (nSPS) is 15.5. The second-order valence-corrected chi connectivity index (χ2v) is 5.54. The van der Waals surface area contributed by atoms with Crippen molar-refractivity contribution in [2.45, 2.75) is 13.8 Å². The molecule has 4 heteroatoms. The number of methoxy groups -OCH3 is 1. The maximum Gasteiger partial charge on any atom is 0.275 e. The topological polar surface area (TPSA) is 50.7 Å². The number of benzene rings is 2. The van der Waals surface area contributed by atoms with Crippen molar-refractivity contribution in [3.05, 3.63) is 70.4 Å². The van der Waals surface area contributed by atoms with E-state index in [9.17, 15) is 4.79 Å². The molecule has 0 unspecified atom stereocenters. The number of amides is 1. The van der Waals surface area contributed by atoms with Gasteiger partial charge in [0.15, 0.2) is 0 Å². The molecule has 0 radical (unpaired) electrons. The summed E-state index contributed by atoms with van der Waals surface area (Å²) in [7, 11) is 1.64. The number of carbonyl (C=O) groups excluding carboxylic acids is 1. The summed E-state index contributed by atoms with van der Waals surface area (Å²) in [5.74, 6) is 1.23. The summed E-state index contributed by atoms with van der Waals surface area (Å²) in [6, 6.07) is 13.7. The highest BCUT2D eigenvalue weighted by Gasteiger charge is 2.21. The molecule has 0 fully saturated rings. The van der Waals surface area contributed by atoms with Crippen LogP contribution >= 0.6 is 0 Å². The zero-order valence-corrected chi connectivity index (χ0v) is 13.4. The van der Waals surface area contributed by atoms with Gasteiger partial charge in [-0.05, 0) is 49.2 Å². The Morgan fingerprint density at radius 2 is 1.96 bits per heavy atom. The number of hydrogen-bond acceptors (Lipinski definition) is 3. The summed E-state index contributed by atoms with van der Waals surface area (Å²) >= 11 is 0. The SMILES string of the molecule is COc1ccc(/C=C2/N=C(c3cccc(C)c3)NC2=O)cc1C. The number of aryl methyl sites for hydroxylation is 2. The van der Waals surface area contributed by atoms with E-state index < -0.39 is 0 Å². The molecule has 1 N–H and O–H groups in total. The molecule has 0 saturated heterocycles. The van der Waals surface area contributed by atoms with E-state index in [2.05, 4.69) is 10.3 Å². The molecule has 3 rings (SSSR count). The van der Waals surface area contributed by atoms with Crippen molar-refractivity contribution >= 4 is 17.8 Å². The minimum absolute atomic E-state index is 0.185. The molecule has 0 bridgehead atoms. The molecule has 2 aromatic rings. The highest BCUT2D eigenvalue weighted by molar-refractivity contribution is 6.19. The van der Waals surface area contributed by atoms with Gasteiger partial charge in [0, 0.05) is 5.56 Å². The van der Waals surface area contributed by atoms with Gasteiger partial charge in [-0.3, -0.25) is 4.79 Å². The van der Waals surface area contributed by atoms with Gasteiger partial charge in [-0.2, -0.15) is 0 Å². The molecule has 1 amide bonds. The maximum absolute atomic E-state index is 12.1. The lowest BCUT2D eigenvalue weighted by atomic mass is 10.1. The molecule has 1 aliphatic heterocycles. The zero-order chi connectivity index (χ0) is 16.4. The van der Waals surface area contributed by atoms with Gasteiger partial charge in [-0.25, -0.2) is 4.99 Å². The van der Waals surface area contributed by atoms with Gasteiger partial charge in [0.05, 0.1) is 7.11 Å². The van der Waals surface area contributed by atoms with Crippen molar-refractivity contribution in [3.8, 4) is 5.75 Å². The number of nitrogens with one attached hydrogen (secondary N) is 1. The van der Waals surface area contributed by atoms with E-state index in [1.807, 2.05) is 56.3 Å². The Bertz CT molecular complexity index is 835. The average Bonchev–Trinajstić information content (AvgIpc) is 2.89. The van der Waals surface area contributed by atoms with E-state index in [0.29, 0.717) is 11.5 Å². The van der Waals surface area contributed by atoms with Gasteiger partial charge >= 0.3 is 0 Å². The highest BCUT2D eigenvalue weighted by Crippen LogP contribution is 2.21. The standard InChI is InChI=1S/C19H18N2O2/c1-12-5-4-6-15(9-12)18-20-16(19(22)21-18)11-14-7-8-17(23-3)13(2)10-14/h4-11H,1-3H3,(H,20,21,22)/b16-11+. The van der Waals surface area contributed by atoms with Crippen LogP contribution in [0.5, 0.6) is 5.75 Å². The van der Waals surface area contributed by atoms with E-state index in [4.69, 9.17) is 4.74 Å². The number of nitrogens with zero attached hydrogens (tertiary/aromatic N) is 1. The fourth-order valence-electron chi connectivity index (χ4n) is 2.55. The Balaban J connectivity index is 1.93. The van der Waals surface area contributed by atoms with E-state index in [-0.39, 0.29) is 5.91 Å². The van der Waals surface area contributed by atoms with Crippen molar-refractivity contribution < 1.29 is 9.53 Å². The molecule has 0 aliphatic carbocycles. The van der Waals surface area contributed by atoms with Crippen LogP contribution < -0.4 is 10.1 Å². The summed E-state index contributed by atoms with van der Waals surface area (Å²) in [5, 5.41) is 2.82. The van der Waals surface area contributed by atoms with Gasteiger partial charge in [-0.1, -0.05) is 29.8 Å². The Labute approximate surface area is 135 Å². The Morgan fingerprint density at radius 1 is 1.13 bits per heavy atom. The molecule has 4 nitrogen and oxygen atoms in total. The molecule has 116 valence electrons. The van der Waals surface area contributed by atoms with Crippen LogP contribution in [0.15, 0.2) is 53.2 Å². The third kappa shape index (κ3) is 3.16. The van der Waals surface area contributed by atoms with Crippen LogP contribution in [-0.4, -0.2) is 18.9 Å². The van der Waals surface area contributed by atoms with Crippen LogP contribution in [0, 0.1) is 13.8 Å². The minimum atomic E-state index is -0.185. The quantitative estimate of drug-likeness (QED) is 0.885. The molecule has 23 heavy (non-hydrogen) atoms. The Hall–Kier alpha value is -2.88. The number of carbonyl (C=O) groups is 1. The van der Waals surface area contributed by atoms with Crippen LogP contribution in [0.3, 0.4) is 0 Å². The van der Waals surface area contributed by atoms with Gasteiger partial charge in [0.25, 0.3) is 5.91 Å². The maximum atomic E-state index is 12.1. The summed E-state index contributed by atoms with van der Waals surface area (Å²) in [5.41, 5.74) is 4.38. The smallest absolute Gasteiger partial charge is 0.275 e. The van der Waals surface area contributed by atoms with Crippen LogP contribution in [0.4, 0.5) is 0 Å². The average molecular weight is 306 g/mol. The third-order valence-electron chi connectivity index (χ3n) is 3.71. The summed E-state index contributed by atoms with van der Waals surface area (Å²) < 4.78 is 5.25. The predicted octanol–water partition coefficient (Wildman–Crippen LogP) is 3.23. The first-order valence-electron chi connectivity index (χ1n) is 7.40. The van der Waals surface area contributed by atoms with Crippen molar-refractivity contribution in [2.24, 2.45) is 4.99 Å². The first-order valence-corrected chi connectivity index (χ1v) is 7.40. The predicted molar refractivity (Wildman–Crippen MR) is 91.6 cm³/mol. The lowest BCUT2D eigenvalue weighted by molar-refractivity contribution is -0.115. The molecule has 0 atom stereocenters. The van der Waals surface area contributed by atoms with Gasteiger partial charge in [-0.15, -0.1) is 0 Å². The van der Waals surface area contributed by atoms with Crippen molar-refractivity contribution in [1.29, 1.82) is 0 Å². The molecular weight excluding hydrogens is 288 g/mol. The van der Waals surface area contributed by atoms with Gasteiger partial charge in [0.1, 0.15) is 17.3 Å². The fraction of sp³-hybridized carbons (Fsp3) is 0.158. The van der Waals surface area contributed by atoms with Crippen molar-refractivity contribution in [1.82, 2.24) is 5.32 Å². The van der Waals surface area contributed by atoms with E-state index in [1.54, 1.807) is 13.2 Å². The monoisotopic (exact) mass is 306 g/mol. The zero-order valence-electron chi connectivity index (χ0n) is 13.4. The van der Waals surface area contributed by atoms with Gasteiger partial charge in [0.2, 0.25) is 0 Å². The lowest BCUT2D eigenvalue weighted by Gasteiger charge is -2.04. The number of hydrogen-bond donors (Lipinski definition) is 1. The molecule has 1 heterocycles. The van der Waals surface area contributed by atoms with Crippen LogP contribution in [-0.2, 0) is 4.79 Å². The lowest BCUT2D eigenvalue weighted by Crippen LogP contribution is -2.24. The van der Waals surface area contributed by atoms with Crippen molar-refractivity contribution in [2.75, 3.05) is 7.11 Å². The fourth-order valence-corrected chi connectivity index (χ4v) is 2.55. The number of amidine groups is 1. The van der Waals surface area contributed by atoms with Crippen LogP contribution in [0.25, 0.3) is 6.08 Å². The van der Waals surface area contributed by atoms with Crippen LogP contribution in [0.2, 0.25) is 0 Å². The van der Waals surface area contributed by atoms with Crippen molar-refractivity contribution in [3.63, 3.8) is 0 Å². The van der Waals surface area contributed by atoms with E-state index in [0.717, 1.165) is 28.0 Å². The number of aliphatic imine (C=N–C) groups is 1. The Morgan fingerprint density at radius 3 is 2.65 bits per heavy atom. The molecule has 0 saturated carbocycles. The second-order valence-electron chi connectivity index (χ2n) is 5.54. The summed E-state index contributed by atoms with van der Waals surface area (Å²) in [6.07, 6.45) is 1.78.